The zero-order valence-electron chi connectivity index (χ0n) is 8.07. The number of hydrogen-bond donors (Lipinski definition) is 1. The van der Waals surface area contributed by atoms with Crippen molar-refractivity contribution in [1.82, 2.24) is 0 Å². The monoisotopic (exact) mass is 242 g/mol. The van der Waals surface area contributed by atoms with Crippen LogP contribution in [-0.2, 0) is 10.5 Å². The lowest BCUT2D eigenvalue weighted by Gasteiger charge is -2.02. The normalized spacial score (nSPS) is 9.93. The van der Waals surface area contributed by atoms with Gasteiger partial charge in [-0.05, 0) is 17.7 Å². The minimum atomic E-state index is -0.936. The van der Waals surface area contributed by atoms with Gasteiger partial charge in [0.25, 0.3) is 0 Å². The van der Waals surface area contributed by atoms with E-state index in [1.807, 2.05) is 24.3 Å². The van der Waals surface area contributed by atoms with Crippen molar-refractivity contribution < 1.29 is 9.90 Å². The second kappa shape index (κ2) is 5.83. The highest BCUT2D eigenvalue weighted by atomic mass is 35.5. The fourth-order valence-electron chi connectivity index (χ4n) is 0.981. The molecule has 1 rings (SSSR count). The molecule has 0 aliphatic heterocycles. The van der Waals surface area contributed by atoms with Gasteiger partial charge in [-0.2, -0.15) is 11.8 Å². The summed E-state index contributed by atoms with van der Waals surface area (Å²) in [6.07, 6.45) is 0. The largest absolute Gasteiger partial charge is 0.478 e. The van der Waals surface area contributed by atoms with Crippen molar-refractivity contribution in [3.63, 3.8) is 0 Å². The van der Waals surface area contributed by atoms with E-state index in [0.29, 0.717) is 10.8 Å². The van der Waals surface area contributed by atoms with E-state index in [1.54, 1.807) is 0 Å². The first-order valence-electron chi connectivity index (χ1n) is 4.33. The maximum atomic E-state index is 10.5. The van der Waals surface area contributed by atoms with Crippen LogP contribution in [0, 0.1) is 0 Å². The Hall–Kier alpha value is -0.930. The van der Waals surface area contributed by atoms with Crippen molar-refractivity contribution in [1.29, 1.82) is 0 Å². The molecule has 15 heavy (non-hydrogen) atoms. The third kappa shape index (κ3) is 4.40. The first-order valence-corrected chi connectivity index (χ1v) is 5.86. The second-order valence-electron chi connectivity index (χ2n) is 3.03. The molecule has 1 N–H and O–H groups in total. The van der Waals surface area contributed by atoms with E-state index in [1.165, 1.54) is 11.8 Å². The maximum Gasteiger partial charge on any atom is 0.331 e. The quantitative estimate of drug-likeness (QED) is 0.806. The van der Waals surface area contributed by atoms with E-state index in [0.717, 1.165) is 11.3 Å². The molecule has 4 heteroatoms. The summed E-state index contributed by atoms with van der Waals surface area (Å²) in [5.41, 5.74) is 1.31. The topological polar surface area (TPSA) is 37.3 Å². The number of rotatable bonds is 5. The van der Waals surface area contributed by atoms with E-state index >= 15 is 0 Å². The molecule has 1 aromatic carbocycles. The number of carboxylic acid groups (broad SMARTS) is 1. The summed E-state index contributed by atoms with van der Waals surface area (Å²) >= 11 is 7.33. The molecule has 0 amide bonds. The van der Waals surface area contributed by atoms with Crippen LogP contribution in [0.25, 0.3) is 0 Å². The van der Waals surface area contributed by atoms with Crippen LogP contribution in [0.2, 0.25) is 5.02 Å². The molecule has 0 saturated carbocycles. The highest BCUT2D eigenvalue weighted by Crippen LogP contribution is 2.17. The van der Waals surface area contributed by atoms with Crippen molar-refractivity contribution in [2.24, 2.45) is 0 Å². The van der Waals surface area contributed by atoms with Crippen molar-refractivity contribution in [2.45, 2.75) is 5.75 Å². The summed E-state index contributed by atoms with van der Waals surface area (Å²) in [7, 11) is 0. The molecule has 0 atom stereocenters. The molecular formula is C11H11ClO2S. The molecule has 0 aliphatic carbocycles. The van der Waals surface area contributed by atoms with Crippen molar-refractivity contribution in [3.8, 4) is 0 Å². The maximum absolute atomic E-state index is 10.5. The summed E-state index contributed by atoms with van der Waals surface area (Å²) < 4.78 is 0. The molecule has 0 spiro atoms. The Labute approximate surface area is 97.9 Å². The molecule has 0 aromatic heterocycles. The van der Waals surface area contributed by atoms with Crippen LogP contribution in [0.15, 0.2) is 36.4 Å². The van der Waals surface area contributed by atoms with Gasteiger partial charge in [-0.25, -0.2) is 4.79 Å². The molecule has 0 bridgehead atoms. The van der Waals surface area contributed by atoms with Crippen LogP contribution in [-0.4, -0.2) is 16.8 Å². The molecule has 0 unspecified atom stereocenters. The predicted octanol–water partition coefficient (Wildman–Crippen LogP) is 3.21. The SMILES string of the molecule is C=C(CSCc1cccc(Cl)c1)C(=O)O. The number of hydrogen-bond acceptors (Lipinski definition) is 2. The van der Waals surface area contributed by atoms with Gasteiger partial charge in [0.1, 0.15) is 0 Å². The lowest BCUT2D eigenvalue weighted by Crippen LogP contribution is -2.01. The molecule has 0 aliphatic rings. The van der Waals surface area contributed by atoms with Crippen molar-refractivity contribution in [3.05, 3.63) is 47.0 Å². The Morgan fingerprint density at radius 2 is 2.27 bits per heavy atom. The standard InChI is InChI=1S/C11H11ClO2S/c1-8(11(13)14)6-15-7-9-3-2-4-10(12)5-9/h2-5H,1,6-7H2,(H,13,14). The van der Waals surface area contributed by atoms with Gasteiger partial charge >= 0.3 is 5.97 Å². The van der Waals surface area contributed by atoms with Crippen LogP contribution in [0.1, 0.15) is 5.56 Å². The summed E-state index contributed by atoms with van der Waals surface area (Å²) in [4.78, 5) is 10.5. The summed E-state index contributed by atoms with van der Waals surface area (Å²) in [6.45, 7) is 3.46. The van der Waals surface area contributed by atoms with Crippen molar-refractivity contribution >= 4 is 29.3 Å². The van der Waals surface area contributed by atoms with E-state index in [4.69, 9.17) is 16.7 Å². The summed E-state index contributed by atoms with van der Waals surface area (Å²) in [5.74, 6) is 0.239. The number of benzene rings is 1. The number of carbonyl (C=O) groups is 1. The molecular weight excluding hydrogens is 232 g/mol. The zero-order chi connectivity index (χ0) is 11.3. The Morgan fingerprint density at radius 1 is 1.53 bits per heavy atom. The molecule has 80 valence electrons. The van der Waals surface area contributed by atoms with Gasteiger partial charge in [-0.15, -0.1) is 0 Å². The van der Waals surface area contributed by atoms with E-state index < -0.39 is 5.97 Å². The third-order valence-corrected chi connectivity index (χ3v) is 3.06. The minimum absolute atomic E-state index is 0.224. The smallest absolute Gasteiger partial charge is 0.331 e. The minimum Gasteiger partial charge on any atom is -0.478 e. The van der Waals surface area contributed by atoms with Gasteiger partial charge < -0.3 is 5.11 Å². The van der Waals surface area contributed by atoms with Crippen LogP contribution < -0.4 is 0 Å². The molecule has 0 fully saturated rings. The summed E-state index contributed by atoms with van der Waals surface area (Å²) in [5, 5.41) is 9.29. The van der Waals surface area contributed by atoms with Gasteiger partial charge in [0.05, 0.1) is 0 Å². The first kappa shape index (κ1) is 12.1. The van der Waals surface area contributed by atoms with Crippen LogP contribution in [0.3, 0.4) is 0 Å². The zero-order valence-corrected chi connectivity index (χ0v) is 9.64. The van der Waals surface area contributed by atoms with Gasteiger partial charge in [0.15, 0.2) is 0 Å². The molecule has 0 radical (unpaired) electrons. The Bertz CT molecular complexity index is 377. The van der Waals surface area contributed by atoms with E-state index in [9.17, 15) is 4.79 Å². The highest BCUT2D eigenvalue weighted by molar-refractivity contribution is 7.98. The van der Waals surface area contributed by atoms with Crippen molar-refractivity contribution in [2.75, 3.05) is 5.75 Å². The molecule has 2 nitrogen and oxygen atoms in total. The van der Waals surface area contributed by atoms with Gasteiger partial charge in [-0.3, -0.25) is 0 Å². The van der Waals surface area contributed by atoms with Gasteiger partial charge in [0, 0.05) is 22.1 Å². The van der Waals surface area contributed by atoms with Crippen LogP contribution >= 0.6 is 23.4 Å². The second-order valence-corrected chi connectivity index (χ2v) is 4.45. The highest BCUT2D eigenvalue weighted by Gasteiger charge is 2.03. The van der Waals surface area contributed by atoms with Gasteiger partial charge in [0.2, 0.25) is 0 Å². The summed E-state index contributed by atoms with van der Waals surface area (Å²) in [6, 6.07) is 7.52. The lowest BCUT2D eigenvalue weighted by molar-refractivity contribution is -0.132. The molecule has 0 saturated heterocycles. The number of halogens is 1. The van der Waals surface area contributed by atoms with Gasteiger partial charge in [-0.1, -0.05) is 30.3 Å². The third-order valence-electron chi connectivity index (χ3n) is 1.74. The average Bonchev–Trinajstić information content (AvgIpc) is 2.17. The number of thioether (sulfide) groups is 1. The number of carboxylic acids is 1. The fraction of sp³-hybridized carbons (Fsp3) is 0.182. The molecule has 0 heterocycles. The fourth-order valence-corrected chi connectivity index (χ4v) is 2.08. The lowest BCUT2D eigenvalue weighted by atomic mass is 10.2. The van der Waals surface area contributed by atoms with E-state index in [-0.39, 0.29) is 5.57 Å². The Kier molecular flexibility index (Phi) is 4.72. The average molecular weight is 243 g/mol. The van der Waals surface area contributed by atoms with E-state index in [2.05, 4.69) is 6.58 Å². The van der Waals surface area contributed by atoms with Crippen LogP contribution in [0.4, 0.5) is 0 Å². The Balaban J connectivity index is 2.38. The molecule has 1 aromatic rings. The number of aliphatic carboxylic acids is 1. The Morgan fingerprint density at radius 3 is 2.87 bits per heavy atom. The van der Waals surface area contributed by atoms with Crippen LogP contribution in [0.5, 0.6) is 0 Å². The predicted molar refractivity (Wildman–Crippen MR) is 64.4 cm³/mol. The first-order chi connectivity index (χ1) is 7.09.